The van der Waals surface area contributed by atoms with E-state index >= 15 is 0 Å². The van der Waals surface area contributed by atoms with E-state index < -0.39 is 5.97 Å². The lowest BCUT2D eigenvalue weighted by Crippen LogP contribution is -2.54. The molecule has 14 heavy (non-hydrogen) atoms. The van der Waals surface area contributed by atoms with Crippen molar-refractivity contribution in [1.29, 1.82) is 0 Å². The molecular formula is C10H17NO3. The predicted octanol–water partition coefficient (Wildman–Crippen LogP) is 0.306. The molecule has 0 aromatic carbocycles. The lowest BCUT2D eigenvalue weighted by molar-refractivity contribution is -0.140. The third-order valence-corrected chi connectivity index (χ3v) is 3.36. The molecule has 2 aliphatic rings. The molecule has 0 aromatic rings. The highest BCUT2D eigenvalue weighted by molar-refractivity contribution is 5.67. The number of aliphatic hydroxyl groups excluding tert-OH is 1. The molecule has 0 spiro atoms. The Hall–Kier alpha value is -0.610. The quantitative estimate of drug-likeness (QED) is 0.686. The van der Waals surface area contributed by atoms with Gasteiger partial charge in [-0.3, -0.25) is 9.69 Å². The third-order valence-electron chi connectivity index (χ3n) is 3.36. The van der Waals surface area contributed by atoms with E-state index in [2.05, 4.69) is 4.90 Å². The zero-order valence-electron chi connectivity index (χ0n) is 8.22. The van der Waals surface area contributed by atoms with Crippen molar-refractivity contribution in [3.8, 4) is 0 Å². The van der Waals surface area contributed by atoms with Gasteiger partial charge >= 0.3 is 5.97 Å². The van der Waals surface area contributed by atoms with E-state index in [-0.39, 0.29) is 12.5 Å². The smallest absolute Gasteiger partial charge is 0.303 e. The molecule has 0 aromatic heterocycles. The molecule has 0 bridgehead atoms. The first-order chi connectivity index (χ1) is 6.66. The monoisotopic (exact) mass is 199 g/mol. The lowest BCUT2D eigenvalue weighted by atomic mass is 9.93. The number of hydrogen-bond acceptors (Lipinski definition) is 3. The average Bonchev–Trinajstić information content (AvgIpc) is 2.42. The maximum absolute atomic E-state index is 10.4. The van der Waals surface area contributed by atoms with Gasteiger partial charge in [-0.05, 0) is 25.2 Å². The zero-order valence-corrected chi connectivity index (χ0v) is 8.22. The maximum Gasteiger partial charge on any atom is 0.303 e. The van der Waals surface area contributed by atoms with Crippen LogP contribution in [0.25, 0.3) is 0 Å². The minimum Gasteiger partial charge on any atom is -0.481 e. The summed E-state index contributed by atoms with van der Waals surface area (Å²) in [4.78, 5) is 12.7. The normalized spacial score (nSPS) is 34.4. The molecule has 0 amide bonds. The van der Waals surface area contributed by atoms with Gasteiger partial charge in [-0.2, -0.15) is 0 Å². The van der Waals surface area contributed by atoms with Crippen molar-refractivity contribution in [2.24, 2.45) is 5.92 Å². The maximum atomic E-state index is 10.4. The first kappa shape index (κ1) is 9.93. The SMILES string of the molecule is O=C(O)CC1CN(C2CCCC2O)C1. The van der Waals surface area contributed by atoms with Crippen LogP contribution in [0.15, 0.2) is 0 Å². The number of aliphatic carboxylic acids is 1. The number of carboxylic acid groups (broad SMARTS) is 1. The molecule has 0 radical (unpaired) electrons. The Kier molecular flexibility index (Phi) is 2.74. The number of carbonyl (C=O) groups is 1. The summed E-state index contributed by atoms with van der Waals surface area (Å²) in [6.07, 6.45) is 3.18. The molecular weight excluding hydrogens is 182 g/mol. The van der Waals surface area contributed by atoms with Gasteiger partial charge in [0, 0.05) is 19.1 Å². The second-order valence-electron chi connectivity index (χ2n) is 4.48. The van der Waals surface area contributed by atoms with E-state index in [0.29, 0.717) is 12.0 Å². The van der Waals surface area contributed by atoms with Gasteiger partial charge in [0.25, 0.3) is 0 Å². The summed E-state index contributed by atoms with van der Waals surface area (Å²) >= 11 is 0. The second kappa shape index (κ2) is 3.87. The van der Waals surface area contributed by atoms with Crippen LogP contribution in [0.1, 0.15) is 25.7 Å². The number of aliphatic hydroxyl groups is 1. The summed E-state index contributed by atoms with van der Waals surface area (Å²) in [6, 6.07) is 0.306. The predicted molar refractivity (Wildman–Crippen MR) is 51.0 cm³/mol. The van der Waals surface area contributed by atoms with Crippen LogP contribution in [0.2, 0.25) is 0 Å². The van der Waals surface area contributed by atoms with E-state index in [4.69, 9.17) is 5.11 Å². The van der Waals surface area contributed by atoms with Gasteiger partial charge in [-0.1, -0.05) is 0 Å². The number of nitrogens with zero attached hydrogens (tertiary/aromatic N) is 1. The molecule has 2 fully saturated rings. The van der Waals surface area contributed by atoms with Crippen LogP contribution in [-0.4, -0.2) is 46.3 Å². The highest BCUT2D eigenvalue weighted by atomic mass is 16.4. The Balaban J connectivity index is 1.74. The van der Waals surface area contributed by atoms with E-state index in [9.17, 15) is 9.90 Å². The topological polar surface area (TPSA) is 60.8 Å². The molecule has 1 saturated carbocycles. The fourth-order valence-corrected chi connectivity index (χ4v) is 2.60. The molecule has 2 atom stereocenters. The summed E-state index contributed by atoms with van der Waals surface area (Å²) in [5.41, 5.74) is 0. The Morgan fingerprint density at radius 3 is 2.57 bits per heavy atom. The Morgan fingerprint density at radius 1 is 1.36 bits per heavy atom. The van der Waals surface area contributed by atoms with Gasteiger partial charge in [0.2, 0.25) is 0 Å². The highest BCUT2D eigenvalue weighted by Gasteiger charge is 2.38. The first-order valence-electron chi connectivity index (χ1n) is 5.30. The van der Waals surface area contributed by atoms with Crippen molar-refractivity contribution in [1.82, 2.24) is 4.90 Å². The Bertz CT molecular complexity index is 225. The molecule has 4 heteroatoms. The molecule has 2 N–H and O–H groups in total. The van der Waals surface area contributed by atoms with Crippen molar-refractivity contribution in [2.75, 3.05) is 13.1 Å². The Labute approximate surface area is 83.5 Å². The largest absolute Gasteiger partial charge is 0.481 e. The third kappa shape index (κ3) is 1.91. The molecule has 1 aliphatic carbocycles. The van der Waals surface area contributed by atoms with Crippen LogP contribution >= 0.6 is 0 Å². The van der Waals surface area contributed by atoms with Crippen molar-refractivity contribution in [2.45, 2.75) is 37.8 Å². The van der Waals surface area contributed by atoms with Gasteiger partial charge in [-0.25, -0.2) is 0 Å². The van der Waals surface area contributed by atoms with E-state index in [1.54, 1.807) is 0 Å². The van der Waals surface area contributed by atoms with Crippen LogP contribution in [0.3, 0.4) is 0 Å². The van der Waals surface area contributed by atoms with E-state index in [1.807, 2.05) is 0 Å². The minimum atomic E-state index is -0.707. The number of likely N-dealkylation sites (tertiary alicyclic amines) is 1. The standard InChI is InChI=1S/C10H17NO3/c12-9-3-1-2-8(9)11-5-7(6-11)4-10(13)14/h7-9,12H,1-6H2,(H,13,14). The number of hydrogen-bond donors (Lipinski definition) is 2. The van der Waals surface area contributed by atoms with Gasteiger partial charge in [0.15, 0.2) is 0 Å². The summed E-state index contributed by atoms with van der Waals surface area (Å²) < 4.78 is 0. The zero-order chi connectivity index (χ0) is 10.1. The van der Waals surface area contributed by atoms with E-state index in [1.165, 1.54) is 0 Å². The summed E-state index contributed by atoms with van der Waals surface area (Å²) in [6.45, 7) is 1.71. The van der Waals surface area contributed by atoms with Crippen LogP contribution < -0.4 is 0 Å². The summed E-state index contributed by atoms with van der Waals surface area (Å²) in [7, 11) is 0. The van der Waals surface area contributed by atoms with Crippen molar-refractivity contribution in [3.05, 3.63) is 0 Å². The summed E-state index contributed by atoms with van der Waals surface area (Å²) in [5.74, 6) is -0.401. The van der Waals surface area contributed by atoms with Gasteiger partial charge in [-0.15, -0.1) is 0 Å². The molecule has 80 valence electrons. The van der Waals surface area contributed by atoms with Gasteiger partial charge in [0.1, 0.15) is 0 Å². The van der Waals surface area contributed by atoms with Gasteiger partial charge < -0.3 is 10.2 Å². The lowest BCUT2D eigenvalue weighted by Gasteiger charge is -2.43. The Morgan fingerprint density at radius 2 is 2.07 bits per heavy atom. The van der Waals surface area contributed by atoms with Crippen LogP contribution in [-0.2, 0) is 4.79 Å². The fourth-order valence-electron chi connectivity index (χ4n) is 2.60. The molecule has 4 nitrogen and oxygen atoms in total. The molecule has 1 saturated heterocycles. The van der Waals surface area contributed by atoms with Crippen LogP contribution in [0.4, 0.5) is 0 Å². The summed E-state index contributed by atoms with van der Waals surface area (Å²) in [5, 5.41) is 18.2. The van der Waals surface area contributed by atoms with Crippen LogP contribution in [0, 0.1) is 5.92 Å². The fraction of sp³-hybridized carbons (Fsp3) is 0.900. The van der Waals surface area contributed by atoms with Crippen molar-refractivity contribution >= 4 is 5.97 Å². The second-order valence-corrected chi connectivity index (χ2v) is 4.48. The highest BCUT2D eigenvalue weighted by Crippen LogP contribution is 2.30. The average molecular weight is 199 g/mol. The van der Waals surface area contributed by atoms with Crippen LogP contribution in [0.5, 0.6) is 0 Å². The molecule has 2 rings (SSSR count). The number of carboxylic acids is 1. The molecule has 2 unspecified atom stereocenters. The molecule has 1 heterocycles. The van der Waals surface area contributed by atoms with E-state index in [0.717, 1.165) is 32.4 Å². The molecule has 1 aliphatic heterocycles. The van der Waals surface area contributed by atoms with Crippen molar-refractivity contribution < 1.29 is 15.0 Å². The minimum absolute atomic E-state index is 0.180. The van der Waals surface area contributed by atoms with Crippen molar-refractivity contribution in [3.63, 3.8) is 0 Å². The first-order valence-corrected chi connectivity index (χ1v) is 5.30. The van der Waals surface area contributed by atoms with Gasteiger partial charge in [0.05, 0.1) is 12.5 Å². The number of rotatable bonds is 3.